The van der Waals surface area contributed by atoms with E-state index in [1.54, 1.807) is 0 Å². The second-order valence-corrected chi connectivity index (χ2v) is 17.6. The van der Waals surface area contributed by atoms with E-state index in [1.807, 2.05) is 0 Å². The van der Waals surface area contributed by atoms with Gasteiger partial charge in [-0.05, 0) is 60.0 Å². The van der Waals surface area contributed by atoms with Gasteiger partial charge in [0.1, 0.15) is 0 Å². The Kier molecular flexibility index (Phi) is 6.64. The molecule has 0 saturated heterocycles. The lowest BCUT2D eigenvalue weighted by molar-refractivity contribution is 0.947. The SMILES string of the molecule is Cc1c(/C(=C2\Cn3c4c2cccc4c2ccc4c5ccccc5n(-c5ccccc5)c4c23)c2ccccc2)n2c3c1cccc3c1ccc3c4ccccc4n(-c4ccccc4)c3c12. The fourth-order valence-corrected chi connectivity index (χ4v) is 12.0. The second-order valence-electron chi connectivity index (χ2n) is 17.6. The molecule has 1 aliphatic heterocycles. The maximum absolute atomic E-state index is 2.66. The molecule has 6 heterocycles. The molecule has 5 aromatic heterocycles. The first-order chi connectivity index (χ1) is 31.7. The third-order valence-electron chi connectivity index (χ3n) is 14.5. The van der Waals surface area contributed by atoms with Crippen molar-refractivity contribution in [3.05, 3.63) is 223 Å². The van der Waals surface area contributed by atoms with Crippen LogP contribution in [-0.2, 0) is 6.54 Å². The molecule has 0 amide bonds. The predicted octanol–water partition coefficient (Wildman–Crippen LogP) is 15.3. The molecule has 64 heavy (non-hydrogen) atoms. The van der Waals surface area contributed by atoms with E-state index in [4.69, 9.17) is 0 Å². The number of hydrogen-bond acceptors (Lipinski definition) is 0. The van der Waals surface area contributed by atoms with Crippen molar-refractivity contribution in [1.29, 1.82) is 0 Å². The Morgan fingerprint density at radius 3 is 1.44 bits per heavy atom. The molecule has 14 aromatic rings. The molecule has 0 spiro atoms. The molecule has 15 rings (SSSR count). The highest BCUT2D eigenvalue weighted by Gasteiger charge is 2.32. The molecular formula is C60H38N4. The number of aromatic nitrogens is 4. The molecule has 4 nitrogen and oxygen atoms in total. The van der Waals surface area contributed by atoms with Crippen LogP contribution in [0.3, 0.4) is 0 Å². The summed E-state index contributed by atoms with van der Waals surface area (Å²) < 4.78 is 10.3. The fourth-order valence-electron chi connectivity index (χ4n) is 12.0. The van der Waals surface area contributed by atoms with Crippen molar-refractivity contribution in [3.63, 3.8) is 0 Å². The van der Waals surface area contributed by atoms with Gasteiger partial charge in [-0.15, -0.1) is 0 Å². The minimum absolute atomic E-state index is 0.744. The molecule has 4 heteroatoms. The van der Waals surface area contributed by atoms with Crippen molar-refractivity contribution in [1.82, 2.24) is 18.1 Å². The largest absolute Gasteiger partial charge is 0.334 e. The first-order valence-corrected chi connectivity index (χ1v) is 22.3. The monoisotopic (exact) mass is 814 g/mol. The molecule has 1 aliphatic rings. The molecule has 0 unspecified atom stereocenters. The lowest BCUT2D eigenvalue weighted by Gasteiger charge is -2.17. The normalized spacial score (nSPS) is 13.8. The van der Waals surface area contributed by atoms with Gasteiger partial charge in [0.25, 0.3) is 0 Å². The minimum atomic E-state index is 0.744. The Hall–Kier alpha value is -8.34. The first kappa shape index (κ1) is 34.3. The van der Waals surface area contributed by atoms with Gasteiger partial charge in [-0.25, -0.2) is 0 Å². The Bertz CT molecular complexity index is 4310. The quantitative estimate of drug-likeness (QED) is 0.169. The van der Waals surface area contributed by atoms with Crippen molar-refractivity contribution >= 4 is 104 Å². The lowest BCUT2D eigenvalue weighted by Crippen LogP contribution is -2.03. The van der Waals surface area contributed by atoms with Gasteiger partial charge < -0.3 is 18.1 Å². The minimum Gasteiger partial charge on any atom is -0.334 e. The van der Waals surface area contributed by atoms with Gasteiger partial charge in [0.15, 0.2) is 0 Å². The topological polar surface area (TPSA) is 19.2 Å². The van der Waals surface area contributed by atoms with Gasteiger partial charge in [0.2, 0.25) is 0 Å². The van der Waals surface area contributed by atoms with Crippen molar-refractivity contribution in [2.24, 2.45) is 0 Å². The molecule has 9 aromatic carbocycles. The van der Waals surface area contributed by atoms with Gasteiger partial charge in [-0.3, -0.25) is 0 Å². The van der Waals surface area contributed by atoms with Crippen molar-refractivity contribution < 1.29 is 0 Å². The molecule has 0 radical (unpaired) electrons. The summed E-state index contributed by atoms with van der Waals surface area (Å²) in [6.45, 7) is 3.10. The van der Waals surface area contributed by atoms with E-state index in [9.17, 15) is 0 Å². The smallest absolute Gasteiger partial charge is 0.0789 e. The Balaban J connectivity index is 1.12. The zero-order chi connectivity index (χ0) is 41.8. The van der Waals surface area contributed by atoms with Gasteiger partial charge in [-0.2, -0.15) is 0 Å². The van der Waals surface area contributed by atoms with Crippen LogP contribution in [-0.4, -0.2) is 18.1 Å². The highest BCUT2D eigenvalue weighted by atomic mass is 15.1. The van der Waals surface area contributed by atoms with Crippen LogP contribution in [0.4, 0.5) is 0 Å². The van der Waals surface area contributed by atoms with Crippen LogP contribution in [0.15, 0.2) is 200 Å². The van der Waals surface area contributed by atoms with Crippen LogP contribution in [0.1, 0.15) is 22.4 Å². The maximum atomic E-state index is 2.66. The number of allylic oxidation sites excluding steroid dienone is 1. The number of nitrogens with zero attached hydrogens (tertiary/aromatic N) is 4. The molecule has 0 saturated carbocycles. The van der Waals surface area contributed by atoms with E-state index in [2.05, 4.69) is 225 Å². The summed E-state index contributed by atoms with van der Waals surface area (Å²) in [5, 5.41) is 11.5. The first-order valence-electron chi connectivity index (χ1n) is 22.3. The van der Waals surface area contributed by atoms with Crippen LogP contribution in [0.5, 0.6) is 0 Å². The van der Waals surface area contributed by atoms with Crippen molar-refractivity contribution in [3.8, 4) is 11.4 Å². The van der Waals surface area contributed by atoms with E-state index in [0.717, 1.165) is 12.2 Å². The summed E-state index contributed by atoms with van der Waals surface area (Å²) in [6, 6.07) is 74.2. The van der Waals surface area contributed by atoms with Gasteiger partial charge in [-0.1, -0.05) is 164 Å². The van der Waals surface area contributed by atoms with Crippen LogP contribution >= 0.6 is 0 Å². The standard InChI is InChI=1S/C60H38N4/c1-36-40-25-15-27-44-49-34-32-47-42-24-12-14-30-52(42)63(39-21-9-4-10-22-39)59(47)60(49)64(56(40)44)54(36)53(37-17-5-2-6-18-37)50-35-61-55-43(26-16-28-45(50)55)48-33-31-46-41-23-11-13-29-51(41)62(58(46)57(48)61)38-19-7-3-8-20-38/h2-34H,35H2,1H3/b53-50+. The maximum Gasteiger partial charge on any atom is 0.0789 e. The van der Waals surface area contributed by atoms with Crippen LogP contribution in [0, 0.1) is 6.92 Å². The average Bonchev–Trinajstić information content (AvgIpc) is 4.19. The van der Waals surface area contributed by atoms with E-state index in [0.29, 0.717) is 0 Å². The summed E-state index contributed by atoms with van der Waals surface area (Å²) >= 11 is 0. The lowest BCUT2D eigenvalue weighted by atomic mass is 9.90. The van der Waals surface area contributed by atoms with Gasteiger partial charge in [0.05, 0.1) is 49.8 Å². The number of hydrogen-bond donors (Lipinski definition) is 0. The molecule has 298 valence electrons. The van der Waals surface area contributed by atoms with Crippen LogP contribution in [0.25, 0.3) is 115 Å². The summed E-state index contributed by atoms with van der Waals surface area (Å²) in [4.78, 5) is 0. The highest BCUT2D eigenvalue weighted by Crippen LogP contribution is 2.51. The van der Waals surface area contributed by atoms with E-state index >= 15 is 0 Å². The summed E-state index contributed by atoms with van der Waals surface area (Å²) in [6.07, 6.45) is 0. The molecule has 0 bridgehead atoms. The third-order valence-corrected chi connectivity index (χ3v) is 14.5. The number of aryl methyl sites for hydroxylation is 1. The Morgan fingerprint density at radius 1 is 0.359 bits per heavy atom. The second kappa shape index (κ2) is 12.4. The fraction of sp³-hybridized carbons (Fsp3) is 0.0333. The van der Waals surface area contributed by atoms with E-state index in [1.165, 1.54) is 132 Å². The summed E-state index contributed by atoms with van der Waals surface area (Å²) in [7, 11) is 0. The summed E-state index contributed by atoms with van der Waals surface area (Å²) in [5.74, 6) is 0. The van der Waals surface area contributed by atoms with Crippen molar-refractivity contribution in [2.75, 3.05) is 0 Å². The van der Waals surface area contributed by atoms with Crippen LogP contribution < -0.4 is 0 Å². The summed E-state index contributed by atoms with van der Waals surface area (Å²) in [5.41, 5.74) is 20.1. The Morgan fingerprint density at radius 2 is 0.812 bits per heavy atom. The molecular weight excluding hydrogens is 777 g/mol. The molecule has 0 fully saturated rings. The van der Waals surface area contributed by atoms with E-state index in [-0.39, 0.29) is 0 Å². The third kappa shape index (κ3) is 4.23. The van der Waals surface area contributed by atoms with Gasteiger partial charge in [0, 0.05) is 77.5 Å². The number of fused-ring (bicyclic) bond motifs is 14. The number of para-hydroxylation sites is 6. The van der Waals surface area contributed by atoms with Crippen LogP contribution in [0.2, 0.25) is 0 Å². The number of rotatable bonds is 4. The predicted molar refractivity (Wildman–Crippen MR) is 269 cm³/mol. The Labute approximate surface area is 367 Å². The number of benzene rings is 9. The average molecular weight is 815 g/mol. The molecule has 0 aliphatic carbocycles. The highest BCUT2D eigenvalue weighted by molar-refractivity contribution is 6.28. The van der Waals surface area contributed by atoms with E-state index < -0.39 is 0 Å². The molecule has 0 atom stereocenters. The zero-order valence-corrected chi connectivity index (χ0v) is 35.0. The van der Waals surface area contributed by atoms with Crippen molar-refractivity contribution in [2.45, 2.75) is 13.5 Å². The zero-order valence-electron chi connectivity index (χ0n) is 35.0. The molecule has 0 N–H and O–H groups in total. The van der Waals surface area contributed by atoms with Gasteiger partial charge >= 0.3 is 0 Å².